The molecule has 2 heterocycles. The minimum absolute atomic E-state index is 0.159. The van der Waals surface area contributed by atoms with Crippen LogP contribution in [0.4, 0.5) is 0 Å². The first-order valence-electron chi connectivity index (χ1n) is 5.58. The molecule has 3 nitrogen and oxygen atoms in total. The molecule has 0 bridgehead atoms. The van der Waals surface area contributed by atoms with Gasteiger partial charge in [-0.3, -0.25) is 4.68 Å². The van der Waals surface area contributed by atoms with Crippen molar-refractivity contribution in [2.45, 2.75) is 32.9 Å². The maximum atomic E-state index is 10.5. The molecule has 0 aliphatic carbocycles. The molecule has 0 saturated carbocycles. The van der Waals surface area contributed by atoms with E-state index in [1.165, 1.54) is 11.3 Å². The van der Waals surface area contributed by atoms with Gasteiger partial charge in [-0.15, -0.1) is 11.3 Å². The van der Waals surface area contributed by atoms with Crippen LogP contribution in [-0.2, 0) is 0 Å². The van der Waals surface area contributed by atoms with Gasteiger partial charge in [0.2, 0.25) is 0 Å². The fourth-order valence-electron chi connectivity index (χ4n) is 1.77. The van der Waals surface area contributed by atoms with E-state index in [9.17, 15) is 5.11 Å². The number of nitrogens with zero attached hydrogens (tertiary/aromatic N) is 2. The number of hydrogen-bond acceptors (Lipinski definition) is 3. The summed E-state index contributed by atoms with van der Waals surface area (Å²) in [6.07, 6.45) is 0.840. The summed E-state index contributed by atoms with van der Waals surface area (Å²) in [4.78, 5) is 0.865. The third kappa shape index (κ3) is 2.50. The lowest BCUT2D eigenvalue weighted by Gasteiger charge is -2.15. The molecule has 0 radical (unpaired) electrons. The molecular formula is C12H14BrClN2OS. The summed E-state index contributed by atoms with van der Waals surface area (Å²) < 4.78 is 2.79. The van der Waals surface area contributed by atoms with Crippen molar-refractivity contribution in [2.75, 3.05) is 0 Å². The van der Waals surface area contributed by atoms with Crippen molar-refractivity contribution in [1.29, 1.82) is 0 Å². The molecule has 2 rings (SSSR count). The smallest absolute Gasteiger partial charge is 0.131 e. The fourth-order valence-corrected chi connectivity index (χ4v) is 3.57. The van der Waals surface area contributed by atoms with E-state index in [1.807, 2.05) is 26.8 Å². The summed E-state index contributed by atoms with van der Waals surface area (Å²) in [5, 5.41) is 15.2. The molecule has 1 unspecified atom stereocenters. The Morgan fingerprint density at radius 3 is 2.67 bits per heavy atom. The Labute approximate surface area is 124 Å². The van der Waals surface area contributed by atoms with E-state index in [1.54, 1.807) is 10.9 Å². The fraction of sp³-hybridized carbons (Fsp3) is 0.417. The number of aliphatic hydroxyl groups excluding tert-OH is 1. The Bertz CT molecular complexity index is 545. The monoisotopic (exact) mass is 348 g/mol. The van der Waals surface area contributed by atoms with Gasteiger partial charge in [0.25, 0.3) is 0 Å². The van der Waals surface area contributed by atoms with Crippen LogP contribution in [0.3, 0.4) is 0 Å². The maximum Gasteiger partial charge on any atom is 0.131 e. The van der Waals surface area contributed by atoms with Crippen molar-refractivity contribution in [1.82, 2.24) is 9.78 Å². The predicted octanol–water partition coefficient (Wildman–Crippen LogP) is 4.33. The van der Waals surface area contributed by atoms with Gasteiger partial charge in [0.05, 0.1) is 20.7 Å². The van der Waals surface area contributed by atoms with Gasteiger partial charge in [-0.2, -0.15) is 5.10 Å². The van der Waals surface area contributed by atoms with Crippen molar-refractivity contribution >= 4 is 38.9 Å². The number of aromatic nitrogens is 2. The van der Waals surface area contributed by atoms with E-state index in [4.69, 9.17) is 11.6 Å². The molecule has 6 heteroatoms. The largest absolute Gasteiger partial charge is 0.381 e. The molecule has 2 aromatic rings. The molecular weight excluding hydrogens is 336 g/mol. The third-order valence-corrected chi connectivity index (χ3v) is 5.16. The minimum Gasteiger partial charge on any atom is -0.381 e. The highest BCUT2D eigenvalue weighted by Gasteiger charge is 2.23. The molecule has 0 spiro atoms. The SMILES string of the molecule is Cc1cc(C(O)c2c(Cl)cnn2C(C)C)sc1Br. The van der Waals surface area contributed by atoms with E-state index in [0.29, 0.717) is 10.7 Å². The Kier molecular flexibility index (Phi) is 4.16. The number of hydrogen-bond donors (Lipinski definition) is 1. The average Bonchev–Trinajstić information content (AvgIpc) is 2.83. The van der Waals surface area contributed by atoms with Crippen LogP contribution in [0, 0.1) is 6.92 Å². The van der Waals surface area contributed by atoms with Gasteiger partial charge in [0.1, 0.15) is 6.10 Å². The molecule has 2 aromatic heterocycles. The summed E-state index contributed by atoms with van der Waals surface area (Å²) in [6, 6.07) is 2.12. The molecule has 18 heavy (non-hydrogen) atoms. The maximum absolute atomic E-state index is 10.5. The number of aliphatic hydroxyl groups is 1. The lowest BCUT2D eigenvalue weighted by Crippen LogP contribution is -2.11. The first-order chi connectivity index (χ1) is 8.41. The van der Waals surface area contributed by atoms with Crippen LogP contribution in [0.1, 0.15) is 42.1 Å². The Hall–Kier alpha value is -0.360. The van der Waals surface area contributed by atoms with Gasteiger partial charge in [0.15, 0.2) is 0 Å². The summed E-state index contributed by atoms with van der Waals surface area (Å²) in [5.74, 6) is 0. The van der Waals surface area contributed by atoms with E-state index in [-0.39, 0.29) is 6.04 Å². The summed E-state index contributed by atoms with van der Waals surface area (Å²) in [6.45, 7) is 6.02. The quantitative estimate of drug-likeness (QED) is 0.895. The summed E-state index contributed by atoms with van der Waals surface area (Å²) in [7, 11) is 0. The zero-order valence-corrected chi connectivity index (χ0v) is 13.5. The van der Waals surface area contributed by atoms with Crippen LogP contribution >= 0.6 is 38.9 Å². The predicted molar refractivity (Wildman–Crippen MR) is 78.4 cm³/mol. The Balaban J connectivity index is 2.45. The number of aryl methyl sites for hydroxylation is 1. The molecule has 1 N–H and O–H groups in total. The topological polar surface area (TPSA) is 38.1 Å². The van der Waals surface area contributed by atoms with Crippen molar-refractivity contribution in [3.63, 3.8) is 0 Å². The first kappa shape index (κ1) is 14.1. The molecule has 98 valence electrons. The molecule has 0 amide bonds. The average molecular weight is 350 g/mol. The van der Waals surface area contributed by atoms with Gasteiger partial charge in [-0.25, -0.2) is 0 Å². The van der Waals surface area contributed by atoms with E-state index in [2.05, 4.69) is 21.0 Å². The second-order valence-corrected chi connectivity index (χ2v) is 7.23. The second kappa shape index (κ2) is 5.33. The zero-order valence-electron chi connectivity index (χ0n) is 10.3. The highest BCUT2D eigenvalue weighted by molar-refractivity contribution is 9.11. The lowest BCUT2D eigenvalue weighted by atomic mass is 10.2. The van der Waals surface area contributed by atoms with Crippen LogP contribution < -0.4 is 0 Å². The summed E-state index contributed by atoms with van der Waals surface area (Å²) in [5.41, 5.74) is 1.77. The normalized spacial score (nSPS) is 13.3. The van der Waals surface area contributed by atoms with Crippen molar-refractivity contribution in [3.8, 4) is 0 Å². The number of halogens is 2. The molecule has 0 aliphatic heterocycles. The Morgan fingerprint density at radius 2 is 2.17 bits per heavy atom. The van der Waals surface area contributed by atoms with Crippen LogP contribution in [-0.4, -0.2) is 14.9 Å². The van der Waals surface area contributed by atoms with Crippen LogP contribution in [0.2, 0.25) is 5.02 Å². The highest BCUT2D eigenvalue weighted by atomic mass is 79.9. The highest BCUT2D eigenvalue weighted by Crippen LogP contribution is 2.37. The van der Waals surface area contributed by atoms with E-state index < -0.39 is 6.10 Å². The third-order valence-electron chi connectivity index (χ3n) is 2.68. The number of rotatable bonds is 3. The van der Waals surface area contributed by atoms with Crippen LogP contribution in [0.5, 0.6) is 0 Å². The van der Waals surface area contributed by atoms with Gasteiger partial charge in [-0.05, 0) is 48.3 Å². The first-order valence-corrected chi connectivity index (χ1v) is 7.57. The molecule has 0 fully saturated rings. The zero-order chi connectivity index (χ0) is 13.4. The molecule has 0 aromatic carbocycles. The molecule has 0 saturated heterocycles. The van der Waals surface area contributed by atoms with Crippen LogP contribution in [0.25, 0.3) is 0 Å². The van der Waals surface area contributed by atoms with Gasteiger partial charge >= 0.3 is 0 Å². The van der Waals surface area contributed by atoms with Crippen molar-refractivity contribution in [2.24, 2.45) is 0 Å². The summed E-state index contributed by atoms with van der Waals surface area (Å²) >= 11 is 11.1. The Morgan fingerprint density at radius 1 is 1.50 bits per heavy atom. The second-order valence-electron chi connectivity index (χ2n) is 4.42. The van der Waals surface area contributed by atoms with Crippen molar-refractivity contribution in [3.05, 3.63) is 37.2 Å². The number of thiophene rings is 1. The van der Waals surface area contributed by atoms with Gasteiger partial charge < -0.3 is 5.11 Å². The van der Waals surface area contributed by atoms with Crippen LogP contribution in [0.15, 0.2) is 16.0 Å². The lowest BCUT2D eigenvalue weighted by molar-refractivity contribution is 0.209. The van der Waals surface area contributed by atoms with Crippen molar-refractivity contribution < 1.29 is 5.11 Å². The van der Waals surface area contributed by atoms with Gasteiger partial charge in [0, 0.05) is 10.9 Å². The van der Waals surface area contributed by atoms with E-state index >= 15 is 0 Å². The standard InChI is InChI=1S/C12H14BrClN2OS/c1-6(2)16-10(8(14)5-15-16)11(17)9-4-7(3)12(13)18-9/h4-6,11,17H,1-3H3. The molecule has 0 aliphatic rings. The molecule has 1 atom stereocenters. The van der Waals surface area contributed by atoms with E-state index in [0.717, 1.165) is 14.2 Å². The van der Waals surface area contributed by atoms with Gasteiger partial charge in [-0.1, -0.05) is 11.6 Å². The minimum atomic E-state index is -0.739.